The zero-order chi connectivity index (χ0) is 45.7. The molecule has 69 heavy (non-hydrogen) atoms. The minimum Gasteiger partial charge on any atom is -0.310 e. The molecule has 0 bridgehead atoms. The number of para-hydroxylation sites is 2. The summed E-state index contributed by atoms with van der Waals surface area (Å²) in [7, 11) is 0. The Morgan fingerprint density at radius 1 is 0.261 bits per heavy atom. The number of benzene rings is 10. The van der Waals surface area contributed by atoms with Crippen LogP contribution in [0.1, 0.15) is 0 Å². The Morgan fingerprint density at radius 2 is 0.725 bits per heavy atom. The number of fused-ring (bicyclic) bond motifs is 6. The fraction of sp³-hybridized carbons (Fsp3) is 0. The van der Waals surface area contributed by atoms with Gasteiger partial charge in [0.25, 0.3) is 0 Å². The first kappa shape index (κ1) is 40.0. The van der Waals surface area contributed by atoms with Crippen LogP contribution in [0.5, 0.6) is 0 Å². The normalized spacial score (nSPS) is 11.5. The van der Waals surface area contributed by atoms with Gasteiger partial charge in [-0.25, -0.2) is 9.97 Å². The van der Waals surface area contributed by atoms with Crippen LogP contribution in [0.15, 0.2) is 261 Å². The molecule has 0 aliphatic heterocycles. The van der Waals surface area contributed by atoms with Crippen LogP contribution in [0.4, 0.5) is 17.1 Å². The summed E-state index contributed by atoms with van der Waals surface area (Å²) in [5, 5.41) is 4.62. The molecule has 5 nitrogen and oxygen atoms in total. The fourth-order valence-corrected chi connectivity index (χ4v) is 10.1. The van der Waals surface area contributed by atoms with Crippen LogP contribution in [-0.4, -0.2) is 19.1 Å². The van der Waals surface area contributed by atoms with Gasteiger partial charge in [-0.3, -0.25) is 4.57 Å². The summed E-state index contributed by atoms with van der Waals surface area (Å²) in [5.74, 6) is 0.596. The Hall–Kier alpha value is -9.32. The Kier molecular flexibility index (Phi) is 9.76. The predicted molar refractivity (Wildman–Crippen MR) is 287 cm³/mol. The highest BCUT2D eigenvalue weighted by molar-refractivity contribution is 6.19. The van der Waals surface area contributed by atoms with Crippen molar-refractivity contribution in [1.29, 1.82) is 0 Å². The first-order valence-electron chi connectivity index (χ1n) is 23.4. The molecule has 3 aromatic heterocycles. The maximum atomic E-state index is 5.48. The van der Waals surface area contributed by atoms with Crippen molar-refractivity contribution in [1.82, 2.24) is 19.1 Å². The van der Waals surface area contributed by atoms with Crippen molar-refractivity contribution in [3.05, 3.63) is 261 Å². The molecule has 0 fully saturated rings. The Bertz CT molecular complexity index is 3920. The number of aromatic nitrogens is 4. The molecule has 0 radical (unpaired) electrons. The third-order valence-corrected chi connectivity index (χ3v) is 13.3. The number of hydrogen-bond acceptors (Lipinski definition) is 3. The predicted octanol–water partition coefficient (Wildman–Crippen LogP) is 16.8. The van der Waals surface area contributed by atoms with Crippen molar-refractivity contribution in [3.8, 4) is 56.4 Å². The minimum absolute atomic E-state index is 0.596. The van der Waals surface area contributed by atoms with Crippen LogP contribution in [-0.2, 0) is 0 Å². The Balaban J connectivity index is 1.11. The van der Waals surface area contributed by atoms with E-state index in [0.717, 1.165) is 94.8 Å². The van der Waals surface area contributed by atoms with Gasteiger partial charge in [0.1, 0.15) is 0 Å². The monoisotopic (exact) mass is 881 g/mol. The van der Waals surface area contributed by atoms with Gasteiger partial charge in [0.05, 0.1) is 33.5 Å². The van der Waals surface area contributed by atoms with Crippen LogP contribution < -0.4 is 4.90 Å². The maximum absolute atomic E-state index is 5.48. The van der Waals surface area contributed by atoms with Crippen LogP contribution in [0.2, 0.25) is 0 Å². The topological polar surface area (TPSA) is 38.9 Å². The summed E-state index contributed by atoms with van der Waals surface area (Å²) in [4.78, 5) is 13.3. The quantitative estimate of drug-likeness (QED) is 0.145. The molecule has 0 saturated carbocycles. The third kappa shape index (κ3) is 7.12. The van der Waals surface area contributed by atoms with E-state index < -0.39 is 0 Å². The smallest absolute Gasteiger partial charge is 0.235 e. The first-order chi connectivity index (χ1) is 34.2. The first-order valence-corrected chi connectivity index (χ1v) is 23.4. The van der Waals surface area contributed by atoms with Crippen molar-refractivity contribution in [2.45, 2.75) is 0 Å². The highest BCUT2D eigenvalue weighted by Crippen LogP contribution is 2.44. The molecule has 13 rings (SSSR count). The standard InChI is InChI=1S/C64H43N5/c1-6-19-44(20-7-1)46-33-35-51(36-34-46)67(52-30-18-27-49(39-52)45-21-8-2-9-22-45)53-37-38-55-57-41-56-54-31-16-17-32-60(54)68(50-28-14-5-15-29-50)62(56)43-63(57)69(61(55)40-53)64-65-58(47-23-10-3-11-24-47)42-59(66-64)48-25-12-4-13-26-48/h1-43H. The van der Waals surface area contributed by atoms with E-state index in [-0.39, 0.29) is 0 Å². The van der Waals surface area contributed by atoms with E-state index in [0.29, 0.717) is 5.95 Å². The number of hydrogen-bond donors (Lipinski definition) is 0. The molecular formula is C64H43N5. The van der Waals surface area contributed by atoms with Gasteiger partial charge < -0.3 is 9.47 Å². The van der Waals surface area contributed by atoms with E-state index in [4.69, 9.17) is 9.97 Å². The zero-order valence-electron chi connectivity index (χ0n) is 37.6. The number of anilines is 3. The largest absolute Gasteiger partial charge is 0.310 e. The molecule has 10 aromatic carbocycles. The molecule has 0 spiro atoms. The van der Waals surface area contributed by atoms with Crippen molar-refractivity contribution in [2.75, 3.05) is 4.90 Å². The number of rotatable bonds is 9. The summed E-state index contributed by atoms with van der Waals surface area (Å²) in [6.07, 6.45) is 0. The molecule has 0 atom stereocenters. The third-order valence-electron chi connectivity index (χ3n) is 13.3. The molecule has 5 heteroatoms. The summed E-state index contributed by atoms with van der Waals surface area (Å²) < 4.78 is 4.67. The summed E-state index contributed by atoms with van der Waals surface area (Å²) in [5.41, 5.74) is 16.9. The van der Waals surface area contributed by atoms with E-state index in [1.54, 1.807) is 0 Å². The van der Waals surface area contributed by atoms with Gasteiger partial charge in [0.15, 0.2) is 0 Å². The molecule has 13 aromatic rings. The number of nitrogens with zero attached hydrogens (tertiary/aromatic N) is 5. The lowest BCUT2D eigenvalue weighted by molar-refractivity contribution is 0.995. The molecule has 0 aliphatic rings. The van der Waals surface area contributed by atoms with Crippen molar-refractivity contribution < 1.29 is 0 Å². The molecule has 0 amide bonds. The lowest BCUT2D eigenvalue weighted by atomic mass is 10.0. The molecular weight excluding hydrogens is 839 g/mol. The maximum Gasteiger partial charge on any atom is 0.235 e. The Morgan fingerprint density at radius 3 is 1.36 bits per heavy atom. The molecule has 0 N–H and O–H groups in total. The lowest BCUT2D eigenvalue weighted by Crippen LogP contribution is -2.10. The zero-order valence-corrected chi connectivity index (χ0v) is 37.6. The summed E-state index contributed by atoms with van der Waals surface area (Å²) in [6.45, 7) is 0. The van der Waals surface area contributed by atoms with Crippen LogP contribution in [0.25, 0.3) is 100 Å². The van der Waals surface area contributed by atoms with Crippen molar-refractivity contribution in [3.63, 3.8) is 0 Å². The average molecular weight is 882 g/mol. The van der Waals surface area contributed by atoms with Crippen LogP contribution in [0, 0.1) is 0 Å². The fourth-order valence-electron chi connectivity index (χ4n) is 10.1. The SMILES string of the molecule is c1ccc(-c2ccc(N(c3cccc(-c4ccccc4)c3)c3ccc4c5cc6c7ccccc7n(-c7ccccc7)c6cc5n(-c5nc(-c6ccccc6)cc(-c6ccccc6)n5)c4c3)cc2)cc1. The average Bonchev–Trinajstić information content (AvgIpc) is 3.93. The van der Waals surface area contributed by atoms with E-state index in [2.05, 4.69) is 263 Å². The molecule has 324 valence electrons. The van der Waals surface area contributed by atoms with Gasteiger partial charge in [-0.15, -0.1) is 0 Å². The van der Waals surface area contributed by atoms with Gasteiger partial charge in [0, 0.05) is 55.4 Å². The highest BCUT2D eigenvalue weighted by Gasteiger charge is 2.23. The van der Waals surface area contributed by atoms with E-state index in [1.807, 2.05) is 12.1 Å². The molecule has 3 heterocycles. The van der Waals surface area contributed by atoms with Crippen LogP contribution >= 0.6 is 0 Å². The lowest BCUT2D eigenvalue weighted by Gasteiger charge is -2.26. The van der Waals surface area contributed by atoms with Gasteiger partial charge in [0.2, 0.25) is 5.95 Å². The second-order valence-corrected chi connectivity index (χ2v) is 17.4. The second kappa shape index (κ2) is 16.8. The van der Waals surface area contributed by atoms with Crippen molar-refractivity contribution >= 4 is 60.7 Å². The van der Waals surface area contributed by atoms with Gasteiger partial charge in [-0.1, -0.05) is 188 Å². The molecule has 0 aliphatic carbocycles. The van der Waals surface area contributed by atoms with Crippen molar-refractivity contribution in [2.24, 2.45) is 0 Å². The second-order valence-electron chi connectivity index (χ2n) is 17.4. The minimum atomic E-state index is 0.596. The van der Waals surface area contributed by atoms with E-state index in [9.17, 15) is 0 Å². The Labute approximate surface area is 400 Å². The summed E-state index contributed by atoms with van der Waals surface area (Å²) in [6, 6.07) is 92.9. The van der Waals surface area contributed by atoms with Gasteiger partial charge in [-0.05, 0) is 95.1 Å². The van der Waals surface area contributed by atoms with Gasteiger partial charge >= 0.3 is 0 Å². The van der Waals surface area contributed by atoms with Gasteiger partial charge in [-0.2, -0.15) is 0 Å². The van der Waals surface area contributed by atoms with Crippen LogP contribution in [0.3, 0.4) is 0 Å². The van der Waals surface area contributed by atoms with E-state index in [1.165, 1.54) is 16.3 Å². The molecule has 0 unspecified atom stereocenters. The van der Waals surface area contributed by atoms with E-state index >= 15 is 0 Å². The molecule has 0 saturated heterocycles. The highest BCUT2D eigenvalue weighted by atomic mass is 15.2. The summed E-state index contributed by atoms with van der Waals surface area (Å²) >= 11 is 0.